The van der Waals surface area contributed by atoms with Crippen LogP contribution in [0.3, 0.4) is 0 Å². The molecule has 0 amide bonds. The molecule has 116 valence electrons. The van der Waals surface area contributed by atoms with Crippen LogP contribution >= 0.6 is 11.6 Å². The van der Waals surface area contributed by atoms with E-state index < -0.39 is 16.0 Å². The van der Waals surface area contributed by atoms with E-state index in [4.69, 9.17) is 21.4 Å². The van der Waals surface area contributed by atoms with Gasteiger partial charge in [0.05, 0.1) is 21.6 Å². The molecule has 0 aromatic heterocycles. The molecule has 21 heavy (non-hydrogen) atoms. The Hall–Kier alpha value is -1.15. The number of nitrogens with one attached hydrogen (secondary N) is 1. The van der Waals surface area contributed by atoms with Crippen molar-refractivity contribution >= 4 is 27.6 Å². The lowest BCUT2D eigenvalue weighted by Gasteiger charge is -2.35. The van der Waals surface area contributed by atoms with Gasteiger partial charge in [0.2, 0.25) is 10.0 Å². The predicted octanol–water partition coefficient (Wildman–Crippen LogP) is 1.88. The van der Waals surface area contributed by atoms with Gasteiger partial charge in [0.25, 0.3) is 0 Å². The number of ether oxygens (including phenoxy) is 1. The molecule has 6 nitrogen and oxygen atoms in total. The zero-order valence-corrected chi connectivity index (χ0v) is 12.9. The third-order valence-corrected chi connectivity index (χ3v) is 5.13. The lowest BCUT2D eigenvalue weighted by molar-refractivity contribution is -0.00476. The van der Waals surface area contributed by atoms with Crippen LogP contribution in [-0.2, 0) is 14.8 Å². The summed E-state index contributed by atoms with van der Waals surface area (Å²) in [6.07, 6.45) is 1.36. The van der Waals surface area contributed by atoms with Crippen LogP contribution < -0.4 is 4.72 Å². The lowest BCUT2D eigenvalue weighted by atomic mass is 9.90. The van der Waals surface area contributed by atoms with Crippen molar-refractivity contribution in [1.29, 1.82) is 0 Å². The number of hydrogen-bond acceptors (Lipinski definition) is 4. The molecule has 1 fully saturated rings. The second-order valence-corrected chi connectivity index (χ2v) is 6.93. The van der Waals surface area contributed by atoms with Crippen molar-refractivity contribution in [2.75, 3.05) is 6.61 Å². The van der Waals surface area contributed by atoms with Gasteiger partial charge >= 0.3 is 5.97 Å². The number of carbonyl (C=O) groups is 1. The fourth-order valence-electron chi connectivity index (χ4n) is 2.16. The molecule has 8 heteroatoms. The zero-order chi connectivity index (χ0) is 15.6. The maximum absolute atomic E-state index is 12.2. The van der Waals surface area contributed by atoms with Crippen molar-refractivity contribution in [1.82, 2.24) is 4.72 Å². The summed E-state index contributed by atoms with van der Waals surface area (Å²) in [6.45, 7) is 2.50. The molecule has 1 aromatic carbocycles. The highest BCUT2D eigenvalue weighted by Crippen LogP contribution is 2.26. The van der Waals surface area contributed by atoms with Gasteiger partial charge < -0.3 is 9.84 Å². The molecule has 2 N–H and O–H groups in total. The second-order valence-electron chi connectivity index (χ2n) is 4.81. The Bertz CT molecular complexity index is 640. The number of carboxylic acid groups (broad SMARTS) is 1. The Morgan fingerprint density at radius 2 is 2.14 bits per heavy atom. The number of benzene rings is 1. The van der Waals surface area contributed by atoms with Crippen molar-refractivity contribution < 1.29 is 23.1 Å². The van der Waals surface area contributed by atoms with Crippen LogP contribution in [-0.4, -0.2) is 38.2 Å². The second kappa shape index (κ2) is 6.31. The Morgan fingerprint density at radius 3 is 2.67 bits per heavy atom. The van der Waals surface area contributed by atoms with Crippen molar-refractivity contribution in [2.45, 2.75) is 36.8 Å². The standard InChI is InChI=1S/C13H16ClNO5S/c1-2-20-9-5-8(6-9)15-21(18,19)10-3-4-11(13(16)17)12(14)7-10/h3-4,7-9,15H,2,5-6H2,1H3,(H,16,17). The predicted molar refractivity (Wildman–Crippen MR) is 77.2 cm³/mol. The van der Waals surface area contributed by atoms with Gasteiger partial charge in [-0.05, 0) is 38.0 Å². The fourth-order valence-corrected chi connectivity index (χ4v) is 3.77. The number of halogens is 1. The van der Waals surface area contributed by atoms with E-state index >= 15 is 0 Å². The third-order valence-electron chi connectivity index (χ3n) is 3.30. The average molecular weight is 334 g/mol. The van der Waals surface area contributed by atoms with Crippen LogP contribution in [0.15, 0.2) is 23.1 Å². The average Bonchev–Trinajstić information content (AvgIpc) is 2.35. The zero-order valence-electron chi connectivity index (χ0n) is 11.4. The topological polar surface area (TPSA) is 92.7 Å². The molecule has 0 radical (unpaired) electrons. The highest BCUT2D eigenvalue weighted by Gasteiger charge is 2.33. The molecule has 1 aromatic rings. The summed E-state index contributed by atoms with van der Waals surface area (Å²) in [5.74, 6) is -1.20. The van der Waals surface area contributed by atoms with Gasteiger partial charge in [-0.3, -0.25) is 0 Å². The minimum atomic E-state index is -3.71. The largest absolute Gasteiger partial charge is 0.478 e. The molecule has 0 spiro atoms. The Morgan fingerprint density at radius 1 is 1.48 bits per heavy atom. The van der Waals surface area contributed by atoms with Gasteiger partial charge in [0, 0.05) is 12.6 Å². The first kappa shape index (κ1) is 16.2. The van der Waals surface area contributed by atoms with Gasteiger partial charge in [-0.15, -0.1) is 0 Å². The van der Waals surface area contributed by atoms with Gasteiger partial charge in [0.1, 0.15) is 0 Å². The highest BCUT2D eigenvalue weighted by molar-refractivity contribution is 7.89. The van der Waals surface area contributed by atoms with Crippen molar-refractivity contribution in [2.24, 2.45) is 0 Å². The van der Waals surface area contributed by atoms with Crippen molar-refractivity contribution in [3.63, 3.8) is 0 Å². The first-order chi connectivity index (χ1) is 9.83. The van der Waals surface area contributed by atoms with Crippen molar-refractivity contribution in [3.8, 4) is 0 Å². The molecule has 0 unspecified atom stereocenters. The van der Waals surface area contributed by atoms with Crippen LogP contribution in [0.4, 0.5) is 0 Å². The van der Waals surface area contributed by atoms with E-state index in [2.05, 4.69) is 4.72 Å². The smallest absolute Gasteiger partial charge is 0.337 e. The number of aromatic carboxylic acids is 1. The van der Waals surface area contributed by atoms with E-state index in [0.717, 1.165) is 6.07 Å². The van der Waals surface area contributed by atoms with E-state index in [9.17, 15) is 13.2 Å². The van der Waals surface area contributed by atoms with E-state index in [0.29, 0.717) is 19.4 Å². The van der Waals surface area contributed by atoms with E-state index in [-0.39, 0.29) is 27.6 Å². The van der Waals surface area contributed by atoms with Gasteiger partial charge in [0.15, 0.2) is 0 Å². The molecule has 0 heterocycles. The monoisotopic (exact) mass is 333 g/mol. The molecule has 1 aliphatic rings. The molecule has 0 aliphatic heterocycles. The number of hydrogen-bond donors (Lipinski definition) is 2. The highest BCUT2D eigenvalue weighted by atomic mass is 35.5. The van der Waals surface area contributed by atoms with Crippen LogP contribution in [0.1, 0.15) is 30.1 Å². The molecular weight excluding hydrogens is 318 g/mol. The van der Waals surface area contributed by atoms with Crippen LogP contribution in [0, 0.1) is 0 Å². The summed E-state index contributed by atoms with van der Waals surface area (Å²) in [5.41, 5.74) is -0.129. The SMILES string of the molecule is CCOC1CC(NS(=O)(=O)c2ccc(C(=O)O)c(Cl)c2)C1. The fraction of sp³-hybridized carbons (Fsp3) is 0.462. The van der Waals surface area contributed by atoms with Crippen LogP contribution in [0.5, 0.6) is 0 Å². The first-order valence-electron chi connectivity index (χ1n) is 6.50. The molecule has 2 rings (SSSR count). The first-order valence-corrected chi connectivity index (χ1v) is 8.36. The summed E-state index contributed by atoms with van der Waals surface area (Å²) >= 11 is 5.79. The number of carboxylic acids is 1. The summed E-state index contributed by atoms with van der Waals surface area (Å²) in [6, 6.07) is 3.40. The summed E-state index contributed by atoms with van der Waals surface area (Å²) < 4.78 is 32.3. The normalized spacial score (nSPS) is 21.8. The summed E-state index contributed by atoms with van der Waals surface area (Å²) in [7, 11) is -3.71. The van der Waals surface area contributed by atoms with Crippen LogP contribution in [0.2, 0.25) is 5.02 Å². The minimum Gasteiger partial charge on any atom is -0.478 e. The lowest BCUT2D eigenvalue weighted by Crippen LogP contribution is -2.47. The van der Waals surface area contributed by atoms with Crippen molar-refractivity contribution in [3.05, 3.63) is 28.8 Å². The molecule has 0 saturated heterocycles. The maximum Gasteiger partial charge on any atom is 0.337 e. The molecular formula is C13H16ClNO5S. The Labute approximate surface area is 128 Å². The van der Waals surface area contributed by atoms with Gasteiger partial charge in [-0.25, -0.2) is 17.9 Å². The van der Waals surface area contributed by atoms with Crippen LogP contribution in [0.25, 0.3) is 0 Å². The Kier molecular flexibility index (Phi) is 4.88. The van der Waals surface area contributed by atoms with Gasteiger partial charge in [-0.2, -0.15) is 0 Å². The molecule has 1 saturated carbocycles. The number of rotatable bonds is 6. The van der Waals surface area contributed by atoms with E-state index in [1.54, 1.807) is 0 Å². The Balaban J connectivity index is 2.07. The molecule has 0 atom stereocenters. The molecule has 0 bridgehead atoms. The molecule has 1 aliphatic carbocycles. The van der Waals surface area contributed by atoms with Gasteiger partial charge in [-0.1, -0.05) is 11.6 Å². The minimum absolute atomic E-state index is 0.0441. The summed E-state index contributed by atoms with van der Waals surface area (Å²) in [4.78, 5) is 10.8. The number of sulfonamides is 1. The summed E-state index contributed by atoms with van der Waals surface area (Å²) in [5, 5.41) is 8.76. The van der Waals surface area contributed by atoms with E-state index in [1.165, 1.54) is 12.1 Å². The maximum atomic E-state index is 12.2. The van der Waals surface area contributed by atoms with E-state index in [1.807, 2.05) is 6.92 Å². The quantitative estimate of drug-likeness (QED) is 0.829. The third kappa shape index (κ3) is 3.74.